The summed E-state index contributed by atoms with van der Waals surface area (Å²) < 4.78 is 12.9. The van der Waals surface area contributed by atoms with Crippen molar-refractivity contribution < 1.29 is 33.8 Å². The van der Waals surface area contributed by atoms with Crippen LogP contribution in [0.2, 0.25) is 0 Å². The molecule has 10 nitrogen and oxygen atoms in total. The Bertz CT molecular complexity index is 1300. The standard InChI is InChI=1S/C35H47N3O7/c1-4-6-12-19-37-20-13-18-35-30(32(41)38(31(35)33(37)42)25(22-39)23(3)5-2)29-26(45-35)16-10-11-17-28(40)36-21-27(44-34(29)43)24-14-8-7-9-15-24/h7-10,13-16,18,23,25-27,29-31,39H,4-6,11-12,17,19-22H2,1-3H3,(H,36,40)/b16-10-/t23-,25-,26-,27+,29+,30+,31-,35+/m0/s1. The van der Waals surface area contributed by atoms with Gasteiger partial charge in [0.25, 0.3) is 0 Å². The number of hydrogen-bond donors (Lipinski definition) is 2. The average molecular weight is 622 g/mol. The molecule has 1 aromatic carbocycles. The van der Waals surface area contributed by atoms with Crippen molar-refractivity contribution in [2.45, 2.75) is 89.2 Å². The van der Waals surface area contributed by atoms with Crippen molar-refractivity contribution in [2.75, 3.05) is 26.2 Å². The van der Waals surface area contributed by atoms with Gasteiger partial charge in [0.1, 0.15) is 23.7 Å². The molecule has 2 fully saturated rings. The molecular weight excluding hydrogens is 574 g/mol. The van der Waals surface area contributed by atoms with Crippen LogP contribution in [0.1, 0.15) is 71.0 Å². The molecule has 4 heterocycles. The Morgan fingerprint density at radius 1 is 1.07 bits per heavy atom. The summed E-state index contributed by atoms with van der Waals surface area (Å²) in [7, 11) is 0. The number of ether oxygens (including phenoxy) is 2. The maximum absolute atomic E-state index is 14.7. The number of unbranched alkanes of at least 4 members (excludes halogenated alkanes) is 2. The topological polar surface area (TPSA) is 125 Å². The smallest absolute Gasteiger partial charge is 0.313 e. The highest BCUT2D eigenvalue weighted by Gasteiger charge is 2.72. The number of fused-ring (bicyclic) bond motifs is 2. The molecule has 10 heteroatoms. The predicted octanol–water partition coefficient (Wildman–Crippen LogP) is 3.31. The second kappa shape index (κ2) is 14.3. The third kappa shape index (κ3) is 6.31. The number of cyclic esters (lactones) is 1. The van der Waals surface area contributed by atoms with Crippen LogP contribution in [0.4, 0.5) is 0 Å². The van der Waals surface area contributed by atoms with E-state index in [0.717, 1.165) is 19.3 Å². The lowest BCUT2D eigenvalue weighted by atomic mass is 9.77. The van der Waals surface area contributed by atoms with Gasteiger partial charge in [-0.25, -0.2) is 0 Å². The monoisotopic (exact) mass is 621 g/mol. The molecule has 0 bridgehead atoms. The fourth-order valence-corrected chi connectivity index (χ4v) is 7.32. The van der Waals surface area contributed by atoms with Crippen LogP contribution >= 0.6 is 0 Å². The minimum Gasteiger partial charge on any atom is -0.455 e. The van der Waals surface area contributed by atoms with Crippen molar-refractivity contribution in [3.05, 3.63) is 60.2 Å². The molecule has 2 saturated heterocycles. The largest absolute Gasteiger partial charge is 0.455 e. The van der Waals surface area contributed by atoms with Gasteiger partial charge >= 0.3 is 5.97 Å². The fraction of sp³-hybridized carbons (Fsp3) is 0.600. The third-order valence-electron chi connectivity index (χ3n) is 9.94. The number of nitrogens with zero attached hydrogens (tertiary/aromatic N) is 2. The third-order valence-corrected chi connectivity index (χ3v) is 9.94. The Morgan fingerprint density at radius 3 is 2.56 bits per heavy atom. The van der Waals surface area contributed by atoms with Crippen LogP contribution in [0, 0.1) is 17.8 Å². The van der Waals surface area contributed by atoms with Crippen LogP contribution in [0.15, 0.2) is 54.6 Å². The van der Waals surface area contributed by atoms with E-state index in [-0.39, 0.29) is 43.2 Å². The zero-order chi connectivity index (χ0) is 32.1. The highest BCUT2D eigenvalue weighted by Crippen LogP contribution is 2.54. The lowest BCUT2D eigenvalue weighted by Gasteiger charge is -2.40. The lowest BCUT2D eigenvalue weighted by Crippen LogP contribution is -2.59. The molecule has 2 N–H and O–H groups in total. The van der Waals surface area contributed by atoms with Gasteiger partial charge in [-0.2, -0.15) is 0 Å². The Kier molecular flexibility index (Phi) is 10.4. The van der Waals surface area contributed by atoms with E-state index in [1.165, 1.54) is 4.90 Å². The average Bonchev–Trinajstić information content (AvgIpc) is 3.43. The van der Waals surface area contributed by atoms with Gasteiger partial charge in [-0.15, -0.1) is 0 Å². The summed E-state index contributed by atoms with van der Waals surface area (Å²) in [5.41, 5.74) is -0.713. The van der Waals surface area contributed by atoms with E-state index in [0.29, 0.717) is 31.5 Å². The second-order valence-corrected chi connectivity index (χ2v) is 12.7. The fourth-order valence-electron chi connectivity index (χ4n) is 7.32. The molecule has 0 aliphatic carbocycles. The molecule has 1 spiro atoms. The summed E-state index contributed by atoms with van der Waals surface area (Å²) in [6, 6.07) is 7.51. The number of nitrogens with one attached hydrogen (secondary N) is 1. The van der Waals surface area contributed by atoms with Crippen molar-refractivity contribution in [1.82, 2.24) is 15.1 Å². The summed E-state index contributed by atoms with van der Waals surface area (Å²) >= 11 is 0. The molecule has 45 heavy (non-hydrogen) atoms. The minimum atomic E-state index is -1.43. The van der Waals surface area contributed by atoms with Crippen molar-refractivity contribution in [3.8, 4) is 0 Å². The second-order valence-electron chi connectivity index (χ2n) is 12.7. The number of aliphatic hydroxyl groups is 1. The number of likely N-dealkylation sites (tertiary alicyclic amines) is 1. The molecule has 4 aliphatic rings. The molecule has 244 valence electrons. The number of rotatable bonds is 9. The SMILES string of the molecule is CCCCCN1CC=C[C@@]23O[C@H]4/C=C\CCC(=O)NC[C@H](c5ccccc5)OC(=O)[C@H]4[C@@H]2C(=O)N([C@@H](CO)[C@@H](C)CC)[C@H]3C1=O. The van der Waals surface area contributed by atoms with Gasteiger partial charge in [-0.3, -0.25) is 19.2 Å². The summed E-state index contributed by atoms with van der Waals surface area (Å²) in [5, 5.41) is 13.5. The first kappa shape index (κ1) is 32.9. The van der Waals surface area contributed by atoms with Crippen molar-refractivity contribution in [3.63, 3.8) is 0 Å². The van der Waals surface area contributed by atoms with E-state index in [9.17, 15) is 24.3 Å². The number of allylic oxidation sites excluding steroid dienone is 1. The van der Waals surface area contributed by atoms with Crippen molar-refractivity contribution in [1.29, 1.82) is 0 Å². The van der Waals surface area contributed by atoms with Crippen molar-refractivity contribution in [2.24, 2.45) is 17.8 Å². The van der Waals surface area contributed by atoms with E-state index in [1.807, 2.05) is 56.3 Å². The molecular formula is C35H47N3O7. The number of hydrogen-bond acceptors (Lipinski definition) is 7. The van der Waals surface area contributed by atoms with Crippen LogP contribution < -0.4 is 5.32 Å². The van der Waals surface area contributed by atoms with E-state index in [1.54, 1.807) is 17.1 Å². The van der Waals surface area contributed by atoms with E-state index in [2.05, 4.69) is 12.2 Å². The maximum Gasteiger partial charge on any atom is 0.313 e. The van der Waals surface area contributed by atoms with Gasteiger partial charge in [0.2, 0.25) is 17.7 Å². The molecule has 1 aromatic rings. The molecule has 4 aliphatic heterocycles. The van der Waals surface area contributed by atoms with E-state index in [4.69, 9.17) is 9.47 Å². The molecule has 8 atom stereocenters. The highest BCUT2D eigenvalue weighted by atomic mass is 16.6. The zero-order valence-electron chi connectivity index (χ0n) is 26.6. The number of carbonyl (C=O) groups is 4. The molecule has 0 saturated carbocycles. The molecule has 0 unspecified atom stereocenters. The summed E-state index contributed by atoms with van der Waals surface area (Å²) in [4.78, 5) is 59.3. The van der Waals surface area contributed by atoms with Gasteiger partial charge in [0.15, 0.2) is 0 Å². The van der Waals surface area contributed by atoms with E-state index < -0.39 is 47.7 Å². The first-order valence-corrected chi connectivity index (χ1v) is 16.5. The van der Waals surface area contributed by atoms with E-state index >= 15 is 0 Å². The Labute approximate surface area is 265 Å². The van der Waals surface area contributed by atoms with Gasteiger partial charge < -0.3 is 29.7 Å². The van der Waals surface area contributed by atoms with Gasteiger partial charge in [-0.1, -0.05) is 94.7 Å². The van der Waals surface area contributed by atoms with Gasteiger partial charge in [0.05, 0.1) is 31.2 Å². The Balaban J connectivity index is 1.59. The molecule has 0 aromatic heterocycles. The quantitative estimate of drug-likeness (QED) is 0.246. The van der Waals surface area contributed by atoms with Crippen molar-refractivity contribution >= 4 is 23.7 Å². The number of aliphatic hydroxyl groups excluding tert-OH is 1. The number of carbonyl (C=O) groups excluding carboxylic acids is 4. The summed E-state index contributed by atoms with van der Waals surface area (Å²) in [5.74, 6) is -3.59. The van der Waals surface area contributed by atoms with Crippen LogP contribution in [0.25, 0.3) is 0 Å². The molecule has 3 amide bonds. The molecule has 5 rings (SSSR count). The van der Waals surface area contributed by atoms with Crippen LogP contribution in [-0.4, -0.2) is 88.6 Å². The Morgan fingerprint density at radius 2 is 1.84 bits per heavy atom. The maximum atomic E-state index is 14.7. The normalized spacial score (nSPS) is 32.3. The first-order chi connectivity index (χ1) is 21.8. The summed E-state index contributed by atoms with van der Waals surface area (Å²) in [6.45, 7) is 6.72. The minimum absolute atomic E-state index is 0.0841. The lowest BCUT2D eigenvalue weighted by molar-refractivity contribution is -0.161. The first-order valence-electron chi connectivity index (χ1n) is 16.5. The van der Waals surface area contributed by atoms with Crippen LogP contribution in [0.3, 0.4) is 0 Å². The Hall–Kier alpha value is -3.50. The van der Waals surface area contributed by atoms with Gasteiger partial charge in [0, 0.05) is 19.5 Å². The van der Waals surface area contributed by atoms with Gasteiger partial charge in [-0.05, 0) is 24.3 Å². The van der Waals surface area contributed by atoms with Crippen LogP contribution in [0.5, 0.6) is 0 Å². The zero-order valence-corrected chi connectivity index (χ0v) is 26.6. The number of benzene rings is 1. The number of amides is 3. The highest BCUT2D eigenvalue weighted by molar-refractivity contribution is 5.99. The summed E-state index contributed by atoms with van der Waals surface area (Å²) in [6.07, 6.45) is 9.75. The predicted molar refractivity (Wildman–Crippen MR) is 167 cm³/mol. The number of esters is 1. The van der Waals surface area contributed by atoms with Crippen LogP contribution in [-0.2, 0) is 28.7 Å². The molecule has 0 radical (unpaired) electrons.